The Morgan fingerprint density at radius 2 is 1.81 bits per heavy atom. The molecular weight excluding hydrogens is 332 g/mol. The third kappa shape index (κ3) is 5.07. The maximum absolute atomic E-state index is 13.0. The van der Waals surface area contributed by atoms with Crippen molar-refractivity contribution in [3.63, 3.8) is 0 Å². The number of hydrogen-bond donors (Lipinski definition) is 2. The maximum Gasteiger partial charge on any atom is 0.337 e. The van der Waals surface area contributed by atoms with Gasteiger partial charge in [0.1, 0.15) is 0 Å². The molecule has 0 aliphatic heterocycles. The van der Waals surface area contributed by atoms with Gasteiger partial charge in [-0.3, -0.25) is 9.59 Å². The summed E-state index contributed by atoms with van der Waals surface area (Å²) in [5, 5.41) is 5.83. The van der Waals surface area contributed by atoms with Crippen LogP contribution < -0.4 is 10.6 Å². The molecule has 2 amide bonds. The van der Waals surface area contributed by atoms with Gasteiger partial charge in [0, 0.05) is 17.6 Å². The molecule has 0 spiro atoms. The van der Waals surface area contributed by atoms with E-state index in [0.29, 0.717) is 24.1 Å². The van der Waals surface area contributed by atoms with Crippen LogP contribution >= 0.6 is 0 Å². The van der Waals surface area contributed by atoms with Crippen LogP contribution in [0.1, 0.15) is 63.2 Å². The molecule has 0 bridgehead atoms. The largest absolute Gasteiger partial charge is 0.465 e. The maximum atomic E-state index is 13.0. The molecule has 1 fully saturated rings. The van der Waals surface area contributed by atoms with Crippen LogP contribution in [0.5, 0.6) is 0 Å². The van der Waals surface area contributed by atoms with Crippen LogP contribution in [0.25, 0.3) is 0 Å². The van der Waals surface area contributed by atoms with Crippen molar-refractivity contribution in [1.29, 1.82) is 0 Å². The van der Waals surface area contributed by atoms with E-state index in [-0.39, 0.29) is 23.8 Å². The van der Waals surface area contributed by atoms with E-state index in [1.54, 1.807) is 24.3 Å². The highest BCUT2D eigenvalue weighted by atomic mass is 16.5. The van der Waals surface area contributed by atoms with Gasteiger partial charge in [-0.25, -0.2) is 4.79 Å². The summed E-state index contributed by atoms with van der Waals surface area (Å²) in [6.45, 7) is 5.76. The monoisotopic (exact) mass is 360 g/mol. The lowest BCUT2D eigenvalue weighted by Crippen LogP contribution is -2.45. The molecule has 1 aliphatic carbocycles. The van der Waals surface area contributed by atoms with Crippen LogP contribution in [0.2, 0.25) is 0 Å². The van der Waals surface area contributed by atoms with Crippen LogP contribution in [0.4, 0.5) is 5.69 Å². The Morgan fingerprint density at radius 3 is 2.38 bits per heavy atom. The van der Waals surface area contributed by atoms with E-state index >= 15 is 0 Å². The van der Waals surface area contributed by atoms with E-state index < -0.39 is 11.4 Å². The fourth-order valence-corrected chi connectivity index (χ4v) is 3.41. The van der Waals surface area contributed by atoms with Crippen molar-refractivity contribution in [2.75, 3.05) is 12.4 Å². The van der Waals surface area contributed by atoms with Crippen LogP contribution in [0.3, 0.4) is 0 Å². The lowest BCUT2D eigenvalue weighted by molar-refractivity contribution is -0.133. The van der Waals surface area contributed by atoms with Crippen molar-refractivity contribution < 1.29 is 19.1 Å². The fraction of sp³-hybridized carbons (Fsp3) is 0.550. The second-order valence-electron chi connectivity index (χ2n) is 7.99. The third-order valence-electron chi connectivity index (χ3n) is 4.60. The summed E-state index contributed by atoms with van der Waals surface area (Å²) in [7, 11) is 1.31. The summed E-state index contributed by atoms with van der Waals surface area (Å²) in [4.78, 5) is 37.0. The third-order valence-corrected chi connectivity index (χ3v) is 4.60. The van der Waals surface area contributed by atoms with E-state index in [4.69, 9.17) is 4.74 Å². The molecule has 0 radical (unpaired) electrons. The van der Waals surface area contributed by atoms with Gasteiger partial charge in [0.15, 0.2) is 0 Å². The number of anilines is 1. The number of ether oxygens (including phenoxy) is 1. The molecule has 1 aliphatic rings. The van der Waals surface area contributed by atoms with Crippen molar-refractivity contribution in [2.24, 2.45) is 5.41 Å². The lowest BCUT2D eigenvalue weighted by atomic mass is 9.81. The van der Waals surface area contributed by atoms with Crippen LogP contribution in [-0.4, -0.2) is 30.4 Å². The Bertz CT molecular complexity index is 685. The van der Waals surface area contributed by atoms with Crippen LogP contribution in [0.15, 0.2) is 24.3 Å². The average molecular weight is 360 g/mol. The zero-order valence-corrected chi connectivity index (χ0v) is 16.0. The number of hydrogen-bond acceptors (Lipinski definition) is 4. The Labute approximate surface area is 154 Å². The van der Waals surface area contributed by atoms with Gasteiger partial charge >= 0.3 is 5.97 Å². The summed E-state index contributed by atoms with van der Waals surface area (Å²) in [6.07, 6.45) is 3.41. The standard InChI is InChI=1S/C20H28N2O4/c1-19(2,3)22-16(23)13-20(10-5-6-11-20)18(25)21-15-9-7-8-14(12-15)17(24)26-4/h7-9,12H,5-6,10-11,13H2,1-4H3,(H,21,25)(H,22,23). The van der Waals surface area contributed by atoms with Crippen LogP contribution in [0, 0.1) is 5.41 Å². The van der Waals surface area contributed by atoms with Crippen molar-refractivity contribution >= 4 is 23.5 Å². The van der Waals surface area contributed by atoms with E-state index in [0.717, 1.165) is 12.8 Å². The molecule has 26 heavy (non-hydrogen) atoms. The second kappa shape index (κ2) is 7.89. The molecule has 0 heterocycles. The molecule has 0 atom stereocenters. The van der Waals surface area contributed by atoms with Gasteiger partial charge in [0.05, 0.1) is 18.1 Å². The highest BCUT2D eigenvalue weighted by Gasteiger charge is 2.43. The molecule has 1 aromatic carbocycles. The minimum atomic E-state index is -0.698. The smallest absolute Gasteiger partial charge is 0.337 e. The molecule has 0 unspecified atom stereocenters. The summed E-state index contributed by atoms with van der Waals surface area (Å²) >= 11 is 0. The molecule has 2 N–H and O–H groups in total. The Kier molecular flexibility index (Phi) is 6.05. The molecule has 2 rings (SSSR count). The number of rotatable bonds is 5. The molecule has 6 heteroatoms. The summed E-state index contributed by atoms with van der Waals surface area (Å²) in [5.41, 5.74) is -0.129. The Balaban J connectivity index is 2.14. The van der Waals surface area contributed by atoms with E-state index in [1.807, 2.05) is 20.8 Å². The molecule has 1 aromatic rings. The second-order valence-corrected chi connectivity index (χ2v) is 7.99. The molecule has 142 valence electrons. The lowest BCUT2D eigenvalue weighted by Gasteiger charge is -2.29. The first kappa shape index (κ1) is 19.9. The number of carbonyl (C=O) groups is 3. The number of carbonyl (C=O) groups excluding carboxylic acids is 3. The number of benzene rings is 1. The Hall–Kier alpha value is -2.37. The first-order chi connectivity index (χ1) is 12.1. The molecule has 0 aromatic heterocycles. The number of nitrogens with one attached hydrogen (secondary N) is 2. The van der Waals surface area contributed by atoms with Gasteiger partial charge in [-0.2, -0.15) is 0 Å². The summed E-state index contributed by atoms with van der Waals surface area (Å²) in [5.74, 6) is -0.736. The summed E-state index contributed by atoms with van der Waals surface area (Å²) in [6, 6.07) is 6.63. The highest BCUT2D eigenvalue weighted by molar-refractivity contribution is 5.99. The fourth-order valence-electron chi connectivity index (χ4n) is 3.41. The number of methoxy groups -OCH3 is 1. The van der Waals surface area contributed by atoms with Gasteiger partial charge < -0.3 is 15.4 Å². The Morgan fingerprint density at radius 1 is 1.15 bits per heavy atom. The van der Waals surface area contributed by atoms with Gasteiger partial charge in [-0.15, -0.1) is 0 Å². The minimum absolute atomic E-state index is 0.113. The highest BCUT2D eigenvalue weighted by Crippen LogP contribution is 2.42. The van der Waals surface area contributed by atoms with Gasteiger partial charge in [0.2, 0.25) is 11.8 Å². The zero-order chi connectivity index (χ0) is 19.4. The SMILES string of the molecule is COC(=O)c1cccc(NC(=O)C2(CC(=O)NC(C)(C)C)CCCC2)c1. The topological polar surface area (TPSA) is 84.5 Å². The van der Waals surface area contributed by atoms with E-state index in [2.05, 4.69) is 10.6 Å². The van der Waals surface area contributed by atoms with Gasteiger partial charge in [-0.05, 0) is 51.8 Å². The van der Waals surface area contributed by atoms with Crippen molar-refractivity contribution in [2.45, 2.75) is 58.4 Å². The number of esters is 1. The van der Waals surface area contributed by atoms with E-state index in [1.165, 1.54) is 7.11 Å². The van der Waals surface area contributed by atoms with Gasteiger partial charge in [0.25, 0.3) is 0 Å². The molecule has 0 saturated heterocycles. The predicted molar refractivity (Wildman–Crippen MR) is 99.8 cm³/mol. The van der Waals surface area contributed by atoms with Crippen LogP contribution in [-0.2, 0) is 14.3 Å². The first-order valence-corrected chi connectivity index (χ1v) is 8.96. The van der Waals surface area contributed by atoms with Crippen molar-refractivity contribution in [3.8, 4) is 0 Å². The quantitative estimate of drug-likeness (QED) is 0.789. The first-order valence-electron chi connectivity index (χ1n) is 8.96. The van der Waals surface area contributed by atoms with Gasteiger partial charge in [-0.1, -0.05) is 18.9 Å². The van der Waals surface area contributed by atoms with Crippen molar-refractivity contribution in [3.05, 3.63) is 29.8 Å². The normalized spacial score (nSPS) is 16.0. The molecule has 6 nitrogen and oxygen atoms in total. The van der Waals surface area contributed by atoms with Crippen molar-refractivity contribution in [1.82, 2.24) is 5.32 Å². The number of amides is 2. The zero-order valence-electron chi connectivity index (χ0n) is 16.0. The minimum Gasteiger partial charge on any atom is -0.465 e. The average Bonchev–Trinajstić information content (AvgIpc) is 3.02. The molecule has 1 saturated carbocycles. The molecular formula is C20H28N2O4. The predicted octanol–water partition coefficient (Wildman–Crippen LogP) is 3.28. The van der Waals surface area contributed by atoms with E-state index in [9.17, 15) is 14.4 Å². The summed E-state index contributed by atoms with van der Waals surface area (Å²) < 4.78 is 4.71.